The molecule has 0 bridgehead atoms. The molecular weight excluding hydrogens is 416 g/mol. The minimum Gasteiger partial charge on any atom is -0.497 e. The molecule has 1 N–H and O–H groups in total. The standard InChI is InChI=1S/C19H19F2N5O3S/c1-12(17(27)22-14-5-9-16(10-6-14)29-18(20)21)30-19-23-24-25-26(19)11-13-3-7-15(28-2)8-4-13/h3-10,12,18H,11H2,1-2H3,(H,22,27). The maximum absolute atomic E-state index is 12.5. The Kier molecular flexibility index (Phi) is 7.17. The van der Waals surface area contributed by atoms with Crippen LogP contribution >= 0.6 is 11.8 Å². The van der Waals surface area contributed by atoms with Crippen molar-refractivity contribution in [3.8, 4) is 11.5 Å². The number of alkyl halides is 2. The fourth-order valence-corrected chi connectivity index (χ4v) is 3.25. The molecule has 0 fully saturated rings. The van der Waals surface area contributed by atoms with Crippen molar-refractivity contribution < 1.29 is 23.0 Å². The van der Waals surface area contributed by atoms with E-state index in [0.717, 1.165) is 11.3 Å². The molecule has 1 unspecified atom stereocenters. The van der Waals surface area contributed by atoms with Gasteiger partial charge in [0.2, 0.25) is 11.1 Å². The third-order valence-corrected chi connectivity index (χ3v) is 5.06. The van der Waals surface area contributed by atoms with E-state index >= 15 is 0 Å². The number of hydrogen-bond acceptors (Lipinski definition) is 7. The molecule has 1 heterocycles. The van der Waals surface area contributed by atoms with Crippen LogP contribution in [0.2, 0.25) is 0 Å². The summed E-state index contributed by atoms with van der Waals surface area (Å²) in [6.45, 7) is -0.731. The third kappa shape index (κ3) is 5.89. The molecule has 30 heavy (non-hydrogen) atoms. The second kappa shape index (κ2) is 10.0. The van der Waals surface area contributed by atoms with Crippen molar-refractivity contribution in [3.63, 3.8) is 0 Å². The van der Waals surface area contributed by atoms with E-state index in [1.807, 2.05) is 24.3 Å². The summed E-state index contributed by atoms with van der Waals surface area (Å²) in [4.78, 5) is 12.5. The molecule has 0 spiro atoms. The van der Waals surface area contributed by atoms with Crippen LogP contribution < -0.4 is 14.8 Å². The predicted octanol–water partition coefficient (Wildman–Crippen LogP) is 3.45. The maximum Gasteiger partial charge on any atom is 0.387 e. The van der Waals surface area contributed by atoms with Crippen LogP contribution in [0.5, 0.6) is 11.5 Å². The van der Waals surface area contributed by atoms with Gasteiger partial charge < -0.3 is 14.8 Å². The summed E-state index contributed by atoms with van der Waals surface area (Å²) < 4.78 is 35.4. The van der Waals surface area contributed by atoms with Gasteiger partial charge >= 0.3 is 6.61 Å². The maximum atomic E-state index is 12.5. The number of ether oxygens (including phenoxy) is 2. The highest BCUT2D eigenvalue weighted by molar-refractivity contribution is 8.00. The van der Waals surface area contributed by atoms with Gasteiger partial charge in [0.25, 0.3) is 0 Å². The van der Waals surface area contributed by atoms with Crippen molar-refractivity contribution >= 4 is 23.4 Å². The Morgan fingerprint density at radius 2 is 1.80 bits per heavy atom. The van der Waals surface area contributed by atoms with Crippen molar-refractivity contribution in [1.82, 2.24) is 20.2 Å². The van der Waals surface area contributed by atoms with Crippen LogP contribution in [0.3, 0.4) is 0 Å². The molecular formula is C19H19F2N5O3S. The van der Waals surface area contributed by atoms with Crippen molar-refractivity contribution in [1.29, 1.82) is 0 Å². The Bertz CT molecular complexity index is 967. The topological polar surface area (TPSA) is 91.2 Å². The second-order valence-corrected chi connectivity index (χ2v) is 7.43. The summed E-state index contributed by atoms with van der Waals surface area (Å²) in [6, 6.07) is 13.2. The molecule has 11 heteroatoms. The van der Waals surface area contributed by atoms with E-state index in [0.29, 0.717) is 17.4 Å². The van der Waals surface area contributed by atoms with E-state index in [9.17, 15) is 13.6 Å². The summed E-state index contributed by atoms with van der Waals surface area (Å²) in [7, 11) is 1.60. The monoisotopic (exact) mass is 435 g/mol. The lowest BCUT2D eigenvalue weighted by Gasteiger charge is -2.12. The van der Waals surface area contributed by atoms with Gasteiger partial charge in [-0.2, -0.15) is 8.78 Å². The SMILES string of the molecule is COc1ccc(Cn2nnnc2SC(C)C(=O)Nc2ccc(OC(F)F)cc2)cc1. The van der Waals surface area contributed by atoms with Gasteiger partial charge in [0.15, 0.2) is 0 Å². The zero-order chi connectivity index (χ0) is 21.5. The van der Waals surface area contributed by atoms with Crippen LogP contribution in [-0.4, -0.2) is 45.1 Å². The van der Waals surface area contributed by atoms with Crippen LogP contribution in [-0.2, 0) is 11.3 Å². The molecule has 3 aromatic rings. The first-order chi connectivity index (χ1) is 14.4. The Labute approximate surface area is 175 Å². The molecule has 3 rings (SSSR count). The Hall–Kier alpha value is -3.21. The predicted molar refractivity (Wildman–Crippen MR) is 107 cm³/mol. The fraction of sp³-hybridized carbons (Fsp3) is 0.263. The summed E-state index contributed by atoms with van der Waals surface area (Å²) in [5.41, 5.74) is 1.44. The second-order valence-electron chi connectivity index (χ2n) is 6.12. The molecule has 1 atom stereocenters. The minimum absolute atomic E-state index is 0.0168. The number of hydrogen-bond donors (Lipinski definition) is 1. The highest BCUT2D eigenvalue weighted by atomic mass is 32.2. The van der Waals surface area contributed by atoms with Gasteiger partial charge in [-0.25, -0.2) is 4.68 Å². The molecule has 0 saturated carbocycles. The van der Waals surface area contributed by atoms with Gasteiger partial charge in [-0.1, -0.05) is 23.9 Å². The number of nitrogens with zero attached hydrogens (tertiary/aromatic N) is 4. The van der Waals surface area contributed by atoms with Crippen LogP contribution in [0, 0.1) is 0 Å². The minimum atomic E-state index is -2.90. The number of methoxy groups -OCH3 is 1. The van der Waals surface area contributed by atoms with Gasteiger partial charge in [0.1, 0.15) is 11.5 Å². The van der Waals surface area contributed by atoms with Gasteiger partial charge in [-0.15, -0.1) is 5.10 Å². The lowest BCUT2D eigenvalue weighted by molar-refractivity contribution is -0.115. The summed E-state index contributed by atoms with van der Waals surface area (Å²) in [6.07, 6.45) is 0. The third-order valence-electron chi connectivity index (χ3n) is 3.99. The highest BCUT2D eigenvalue weighted by Crippen LogP contribution is 2.23. The van der Waals surface area contributed by atoms with Crippen LogP contribution in [0.1, 0.15) is 12.5 Å². The van der Waals surface area contributed by atoms with E-state index in [-0.39, 0.29) is 11.7 Å². The number of benzene rings is 2. The number of carbonyl (C=O) groups excluding carboxylic acids is 1. The van der Waals surface area contributed by atoms with Crippen molar-refractivity contribution in [2.75, 3.05) is 12.4 Å². The van der Waals surface area contributed by atoms with E-state index in [4.69, 9.17) is 4.74 Å². The number of rotatable bonds is 9. The zero-order valence-electron chi connectivity index (χ0n) is 16.2. The zero-order valence-corrected chi connectivity index (χ0v) is 17.0. The number of aromatic nitrogens is 4. The lowest BCUT2D eigenvalue weighted by Crippen LogP contribution is -2.23. The fourth-order valence-electron chi connectivity index (χ4n) is 2.46. The molecule has 0 aliphatic rings. The molecule has 1 amide bonds. The van der Waals surface area contributed by atoms with Gasteiger partial charge in [-0.3, -0.25) is 4.79 Å². The van der Waals surface area contributed by atoms with Crippen molar-refractivity contribution in [3.05, 3.63) is 54.1 Å². The smallest absolute Gasteiger partial charge is 0.387 e. The summed E-state index contributed by atoms with van der Waals surface area (Å²) in [5.74, 6) is 0.494. The first-order valence-corrected chi connectivity index (χ1v) is 9.74. The van der Waals surface area contributed by atoms with Crippen molar-refractivity contribution in [2.24, 2.45) is 0 Å². The molecule has 0 saturated heterocycles. The number of tetrazole rings is 1. The number of thioether (sulfide) groups is 1. The first kappa shape index (κ1) is 21.5. The number of halogens is 2. The quantitative estimate of drug-likeness (QED) is 0.515. The summed E-state index contributed by atoms with van der Waals surface area (Å²) >= 11 is 1.21. The molecule has 0 aliphatic carbocycles. The largest absolute Gasteiger partial charge is 0.497 e. The van der Waals surface area contributed by atoms with Crippen molar-refractivity contribution in [2.45, 2.75) is 30.5 Å². The molecule has 2 aromatic carbocycles. The Balaban J connectivity index is 1.58. The Morgan fingerprint density at radius 3 is 2.43 bits per heavy atom. The molecule has 1 aromatic heterocycles. The van der Waals surface area contributed by atoms with Gasteiger partial charge in [-0.05, 0) is 59.3 Å². The van der Waals surface area contributed by atoms with E-state index in [2.05, 4.69) is 25.6 Å². The number of carbonyl (C=O) groups is 1. The number of nitrogens with one attached hydrogen (secondary N) is 1. The Morgan fingerprint density at radius 1 is 1.13 bits per heavy atom. The van der Waals surface area contributed by atoms with Crippen LogP contribution in [0.4, 0.5) is 14.5 Å². The molecule has 0 radical (unpaired) electrons. The van der Waals surface area contributed by atoms with Gasteiger partial charge in [0, 0.05) is 5.69 Å². The first-order valence-electron chi connectivity index (χ1n) is 8.86. The average Bonchev–Trinajstić information content (AvgIpc) is 3.16. The molecule has 0 aliphatic heterocycles. The average molecular weight is 435 g/mol. The van der Waals surface area contributed by atoms with E-state index in [1.54, 1.807) is 18.7 Å². The number of amides is 1. The van der Waals surface area contributed by atoms with Crippen LogP contribution in [0.15, 0.2) is 53.7 Å². The van der Waals surface area contributed by atoms with E-state index < -0.39 is 11.9 Å². The summed E-state index contributed by atoms with van der Waals surface area (Å²) in [5, 5.41) is 14.4. The lowest BCUT2D eigenvalue weighted by atomic mass is 10.2. The number of anilines is 1. The van der Waals surface area contributed by atoms with Crippen LogP contribution in [0.25, 0.3) is 0 Å². The molecule has 8 nitrogen and oxygen atoms in total. The highest BCUT2D eigenvalue weighted by Gasteiger charge is 2.19. The molecule has 158 valence electrons. The van der Waals surface area contributed by atoms with E-state index in [1.165, 1.54) is 36.0 Å². The normalized spacial score (nSPS) is 11.9. The van der Waals surface area contributed by atoms with Gasteiger partial charge in [0.05, 0.1) is 18.9 Å².